The van der Waals surface area contributed by atoms with E-state index in [4.69, 9.17) is 0 Å². The molecule has 24 heavy (non-hydrogen) atoms. The molecule has 0 bridgehead atoms. The Morgan fingerprint density at radius 2 is 2.08 bits per heavy atom. The van der Waals surface area contributed by atoms with Crippen molar-refractivity contribution in [3.63, 3.8) is 0 Å². The highest BCUT2D eigenvalue weighted by Gasteiger charge is 2.15. The number of nitrogens with one attached hydrogen (secondary N) is 1. The highest BCUT2D eigenvalue weighted by Crippen LogP contribution is 2.28. The summed E-state index contributed by atoms with van der Waals surface area (Å²) in [6.45, 7) is 3.82. The van der Waals surface area contributed by atoms with Gasteiger partial charge in [0.05, 0.1) is 16.7 Å². The number of nitrogens with zero attached hydrogens (tertiary/aromatic N) is 1. The van der Waals surface area contributed by atoms with Gasteiger partial charge in [-0.05, 0) is 31.5 Å². The topological polar surface area (TPSA) is 103 Å². The Kier molecular flexibility index (Phi) is 4.33. The third-order valence-electron chi connectivity index (χ3n) is 3.64. The molecule has 0 fully saturated rings. The number of aromatic hydroxyl groups is 2. The van der Waals surface area contributed by atoms with Gasteiger partial charge in [0.25, 0.3) is 5.56 Å². The molecule has 0 saturated carbocycles. The molecule has 0 unspecified atom stereocenters. The van der Waals surface area contributed by atoms with E-state index in [9.17, 15) is 19.8 Å². The molecule has 3 rings (SSSR count). The first-order valence-electron chi connectivity index (χ1n) is 7.05. The van der Waals surface area contributed by atoms with Gasteiger partial charge in [-0.3, -0.25) is 9.59 Å². The van der Waals surface area contributed by atoms with E-state index in [1.807, 2.05) is 13.8 Å². The second kappa shape index (κ2) is 6.29. The van der Waals surface area contributed by atoms with Crippen molar-refractivity contribution in [3.8, 4) is 11.5 Å². The molecular weight excluding hydrogens is 348 g/mol. The number of phenols is 2. The van der Waals surface area contributed by atoms with Gasteiger partial charge in [-0.15, -0.1) is 11.3 Å². The number of carbonyl (C=O) groups is 1. The van der Waals surface area contributed by atoms with Gasteiger partial charge >= 0.3 is 0 Å². The second-order valence-corrected chi connectivity index (χ2v) is 7.42. The Labute approximate surface area is 145 Å². The molecule has 124 valence electrons. The molecule has 0 spiro atoms. The van der Waals surface area contributed by atoms with E-state index >= 15 is 0 Å². The number of fused-ring (bicyclic) bond motifs is 1. The summed E-state index contributed by atoms with van der Waals surface area (Å²) in [4.78, 5) is 33.1. The summed E-state index contributed by atoms with van der Waals surface area (Å²) >= 11 is 2.54. The zero-order valence-corrected chi connectivity index (χ0v) is 14.5. The van der Waals surface area contributed by atoms with Crippen LogP contribution in [0.15, 0.2) is 28.2 Å². The highest BCUT2D eigenvalue weighted by atomic mass is 32.2. The second-order valence-electron chi connectivity index (χ2n) is 5.25. The fraction of sp³-hybridized carbons (Fsp3) is 0.188. The number of thioether (sulfide) groups is 1. The van der Waals surface area contributed by atoms with Crippen molar-refractivity contribution in [1.82, 2.24) is 9.97 Å². The van der Waals surface area contributed by atoms with Gasteiger partial charge in [0.1, 0.15) is 16.3 Å². The molecule has 2 heterocycles. The van der Waals surface area contributed by atoms with Crippen LogP contribution in [-0.2, 0) is 0 Å². The molecule has 6 nitrogen and oxygen atoms in total. The Balaban J connectivity index is 1.83. The summed E-state index contributed by atoms with van der Waals surface area (Å²) in [6.07, 6.45) is 0. The highest BCUT2D eigenvalue weighted by molar-refractivity contribution is 7.99. The fourth-order valence-electron chi connectivity index (χ4n) is 2.27. The number of carbonyl (C=O) groups excluding carboxylic acids is 1. The Bertz CT molecular complexity index is 1010. The van der Waals surface area contributed by atoms with Crippen molar-refractivity contribution in [3.05, 3.63) is 44.6 Å². The lowest BCUT2D eigenvalue weighted by atomic mass is 10.1. The molecule has 1 aromatic carbocycles. The third-order valence-corrected chi connectivity index (χ3v) is 5.61. The van der Waals surface area contributed by atoms with Crippen LogP contribution in [0, 0.1) is 13.8 Å². The number of Topliss-reactive ketones (excluding diaryl/α,β-unsaturated/α-hetero) is 1. The Hall–Kier alpha value is -2.32. The number of hydrogen-bond acceptors (Lipinski definition) is 7. The number of aromatic nitrogens is 2. The van der Waals surface area contributed by atoms with Crippen molar-refractivity contribution in [2.45, 2.75) is 19.0 Å². The number of ketones is 1. The van der Waals surface area contributed by atoms with Gasteiger partial charge < -0.3 is 15.2 Å². The number of hydrogen-bond donors (Lipinski definition) is 3. The number of H-pyrrole nitrogens is 1. The van der Waals surface area contributed by atoms with E-state index in [0.717, 1.165) is 28.3 Å². The molecular formula is C16H14N2O4S2. The standard InChI is InChI=1S/C16H14N2O4S2/c1-7-8(2)24-15-13(7)14(22)17-16(18-15)23-6-12(21)10-4-3-9(19)5-11(10)20/h3-5,19-20H,6H2,1-2H3,(H,17,18,22). The lowest BCUT2D eigenvalue weighted by Gasteiger charge is -2.04. The molecule has 3 N–H and O–H groups in total. The zero-order chi connectivity index (χ0) is 17.4. The van der Waals surface area contributed by atoms with E-state index in [2.05, 4.69) is 9.97 Å². The Morgan fingerprint density at radius 1 is 1.33 bits per heavy atom. The molecule has 0 aliphatic heterocycles. The van der Waals surface area contributed by atoms with Crippen LogP contribution in [0.2, 0.25) is 0 Å². The first-order valence-corrected chi connectivity index (χ1v) is 8.85. The largest absolute Gasteiger partial charge is 0.508 e. The third kappa shape index (κ3) is 3.02. The zero-order valence-electron chi connectivity index (χ0n) is 12.9. The number of aromatic amines is 1. The lowest BCUT2D eigenvalue weighted by molar-refractivity contribution is 0.102. The van der Waals surface area contributed by atoms with Gasteiger partial charge in [0.15, 0.2) is 10.9 Å². The monoisotopic (exact) mass is 362 g/mol. The minimum Gasteiger partial charge on any atom is -0.508 e. The van der Waals surface area contributed by atoms with Crippen molar-refractivity contribution in [2.24, 2.45) is 0 Å². The molecule has 0 atom stereocenters. The van der Waals surface area contributed by atoms with Crippen LogP contribution < -0.4 is 5.56 Å². The summed E-state index contributed by atoms with van der Waals surface area (Å²) in [5.74, 6) is -0.701. The predicted octanol–water partition coefficient (Wildman–Crippen LogP) is 2.99. The van der Waals surface area contributed by atoms with E-state index in [1.54, 1.807) is 0 Å². The van der Waals surface area contributed by atoms with Crippen molar-refractivity contribution in [2.75, 3.05) is 5.75 Å². The van der Waals surface area contributed by atoms with Crippen LogP contribution in [0.5, 0.6) is 11.5 Å². The average Bonchev–Trinajstić information content (AvgIpc) is 2.80. The molecule has 0 aliphatic carbocycles. The van der Waals surface area contributed by atoms with E-state index in [-0.39, 0.29) is 34.2 Å². The van der Waals surface area contributed by atoms with Crippen molar-refractivity contribution in [1.29, 1.82) is 0 Å². The smallest absolute Gasteiger partial charge is 0.260 e. The number of benzene rings is 1. The van der Waals surface area contributed by atoms with Crippen LogP contribution in [0.4, 0.5) is 0 Å². The first kappa shape index (κ1) is 16.5. The quantitative estimate of drug-likeness (QED) is 0.374. The first-order chi connectivity index (χ1) is 11.4. The van der Waals surface area contributed by atoms with Crippen LogP contribution in [-0.4, -0.2) is 31.7 Å². The van der Waals surface area contributed by atoms with Gasteiger partial charge in [0, 0.05) is 10.9 Å². The minimum atomic E-state index is -0.321. The van der Waals surface area contributed by atoms with E-state index in [0.29, 0.717) is 15.4 Å². The summed E-state index contributed by atoms with van der Waals surface area (Å²) < 4.78 is 0. The molecule has 2 aromatic heterocycles. The molecule has 0 amide bonds. The van der Waals surface area contributed by atoms with Gasteiger partial charge in [-0.2, -0.15) is 0 Å². The van der Waals surface area contributed by atoms with Crippen LogP contribution in [0.1, 0.15) is 20.8 Å². The van der Waals surface area contributed by atoms with Gasteiger partial charge in [0.2, 0.25) is 0 Å². The maximum atomic E-state index is 12.2. The normalized spacial score (nSPS) is 11.1. The van der Waals surface area contributed by atoms with Gasteiger partial charge in [-0.25, -0.2) is 4.98 Å². The van der Waals surface area contributed by atoms with E-state index < -0.39 is 0 Å². The van der Waals surface area contributed by atoms with Crippen molar-refractivity contribution >= 4 is 39.1 Å². The number of thiophene rings is 1. The van der Waals surface area contributed by atoms with Crippen molar-refractivity contribution < 1.29 is 15.0 Å². The predicted molar refractivity (Wildman–Crippen MR) is 94.5 cm³/mol. The maximum absolute atomic E-state index is 12.2. The molecule has 3 aromatic rings. The summed E-state index contributed by atoms with van der Waals surface area (Å²) in [5, 5.41) is 19.9. The van der Waals surface area contributed by atoms with E-state index in [1.165, 1.54) is 23.5 Å². The average molecular weight is 362 g/mol. The molecule has 0 saturated heterocycles. The summed E-state index contributed by atoms with van der Waals surface area (Å²) in [7, 11) is 0. The molecule has 0 radical (unpaired) electrons. The SMILES string of the molecule is Cc1sc2nc(SCC(=O)c3ccc(O)cc3O)[nH]c(=O)c2c1C. The van der Waals surface area contributed by atoms with Crippen LogP contribution in [0.3, 0.4) is 0 Å². The molecule has 8 heteroatoms. The lowest BCUT2D eigenvalue weighted by Crippen LogP contribution is -2.10. The van der Waals surface area contributed by atoms with Crippen LogP contribution in [0.25, 0.3) is 10.2 Å². The fourth-order valence-corrected chi connectivity index (χ4v) is 4.10. The maximum Gasteiger partial charge on any atom is 0.260 e. The van der Waals surface area contributed by atoms with Gasteiger partial charge in [-0.1, -0.05) is 11.8 Å². The van der Waals surface area contributed by atoms with Crippen LogP contribution >= 0.6 is 23.1 Å². The minimum absolute atomic E-state index is 0.0100. The number of rotatable bonds is 4. The molecule has 0 aliphatic rings. The summed E-state index contributed by atoms with van der Waals surface area (Å²) in [5.41, 5.74) is 0.821. The number of phenolic OH excluding ortho intramolecular Hbond substituents is 2. The number of aryl methyl sites for hydroxylation is 2. The summed E-state index contributed by atoms with van der Waals surface area (Å²) in [6, 6.07) is 3.81. The Morgan fingerprint density at radius 3 is 2.79 bits per heavy atom.